The fourth-order valence-electron chi connectivity index (χ4n) is 6.58. The van der Waals surface area contributed by atoms with Gasteiger partial charge in [0, 0.05) is 0 Å². The molecule has 6 rings (SSSR count). The molecular formula is C48H58Zr. The van der Waals surface area contributed by atoms with Gasteiger partial charge in [-0.1, -0.05) is 130 Å². The molecule has 0 atom stereocenters. The summed E-state index contributed by atoms with van der Waals surface area (Å²) in [5.41, 5.74) is 10.8. The van der Waals surface area contributed by atoms with Crippen LogP contribution in [0.2, 0.25) is 0 Å². The van der Waals surface area contributed by atoms with Gasteiger partial charge in [-0.2, -0.15) is 11.1 Å². The van der Waals surface area contributed by atoms with E-state index in [9.17, 15) is 0 Å². The summed E-state index contributed by atoms with van der Waals surface area (Å²) in [6.45, 7) is 20.4. The van der Waals surface area contributed by atoms with Crippen LogP contribution >= 0.6 is 0 Å². The summed E-state index contributed by atoms with van der Waals surface area (Å²) in [5.74, 6) is 0. The van der Waals surface area contributed by atoms with E-state index in [0.29, 0.717) is 0 Å². The number of hydrogen-bond acceptors (Lipinski definition) is 0. The summed E-state index contributed by atoms with van der Waals surface area (Å²) in [6.07, 6.45) is 12.3. The summed E-state index contributed by atoms with van der Waals surface area (Å²) < 4.78 is 1.42. The predicted octanol–water partition coefficient (Wildman–Crippen LogP) is 13.9. The molecule has 0 bridgehead atoms. The van der Waals surface area contributed by atoms with E-state index in [1.54, 1.807) is 11.1 Å². The molecule has 1 aliphatic carbocycles. The molecule has 0 N–H and O–H groups in total. The van der Waals surface area contributed by atoms with Crippen LogP contribution in [0.25, 0.3) is 21.5 Å². The van der Waals surface area contributed by atoms with E-state index >= 15 is 0 Å². The Kier molecular flexibility index (Phi) is 14.1. The quantitative estimate of drug-likeness (QED) is 0.140. The Labute approximate surface area is 313 Å². The average Bonchev–Trinajstić information content (AvgIpc) is 3.65. The van der Waals surface area contributed by atoms with Gasteiger partial charge in [0.2, 0.25) is 0 Å². The van der Waals surface area contributed by atoms with Gasteiger partial charge in [0.15, 0.2) is 0 Å². The minimum atomic E-state index is 0.203. The number of rotatable bonds is 8. The molecule has 0 radical (unpaired) electrons. The van der Waals surface area contributed by atoms with Crippen LogP contribution in [-0.2, 0) is 35.1 Å². The Balaban J connectivity index is 0.000000172. The van der Waals surface area contributed by atoms with Crippen LogP contribution in [-0.4, -0.2) is 3.21 Å². The third kappa shape index (κ3) is 10.5. The fraction of sp³-hybridized carbons (Fsp3) is 0.375. The molecule has 0 heterocycles. The standard InChI is InChI=1S/C21H25.C14H23.C13H10.Zr/c1-20(2,3)16-7-9-18-14(12-16)11-15-13-17(21(4,5)6)8-10-19(15)18;1-4-7-12-10-11-13(8-5-2)14(12)9-6-3;1-3-7-12(8-4-1)11-13-9-5-2-6-10-13;/h7-13H,1-6H3;4-10H2,1-3H3;1-10H;/q2*-1;;+2. The van der Waals surface area contributed by atoms with E-state index < -0.39 is 0 Å². The number of hydrogen-bond donors (Lipinski definition) is 0. The molecular weight excluding hydrogens is 668 g/mol. The van der Waals surface area contributed by atoms with E-state index in [-0.39, 0.29) is 10.8 Å². The van der Waals surface area contributed by atoms with Crippen LogP contribution in [0.15, 0.2) is 120 Å². The van der Waals surface area contributed by atoms with Gasteiger partial charge in [-0.05, 0) is 17.3 Å². The first-order valence-electron chi connectivity index (χ1n) is 18.5. The fourth-order valence-corrected chi connectivity index (χ4v) is 7.40. The zero-order valence-corrected chi connectivity index (χ0v) is 34.2. The summed E-state index contributed by atoms with van der Waals surface area (Å²) in [7, 11) is 0. The molecule has 1 aliphatic rings. The normalized spacial score (nSPS) is 13.2. The van der Waals surface area contributed by atoms with Crippen LogP contribution in [0.1, 0.15) is 130 Å². The second-order valence-corrected chi connectivity index (χ2v) is 16.7. The molecule has 0 aromatic heterocycles. The van der Waals surface area contributed by atoms with E-state index in [4.69, 9.17) is 0 Å². The van der Waals surface area contributed by atoms with Crippen LogP contribution < -0.4 is 0 Å². The first kappa shape index (κ1) is 38.8. The van der Waals surface area contributed by atoms with Crippen molar-refractivity contribution in [3.63, 3.8) is 0 Å². The van der Waals surface area contributed by atoms with Gasteiger partial charge in [-0.25, -0.2) is 5.57 Å². The molecule has 0 amide bonds. The molecule has 49 heavy (non-hydrogen) atoms. The average molecular weight is 726 g/mol. The SMILES string of the molecule is CC(C)(C)c1ccc2c(c1)[cH-]c1cc(C(C)(C)C)ccc12.CCCC1=[C-]CC(CCC)=C1CCC.[Zr+2]=[C](c1ccccc1)c1ccccc1. The number of fused-ring (bicyclic) bond motifs is 3. The Morgan fingerprint density at radius 3 is 1.47 bits per heavy atom. The molecule has 5 aromatic rings. The second-order valence-electron chi connectivity index (χ2n) is 15.5. The molecule has 0 spiro atoms. The Bertz CT molecular complexity index is 1750. The first-order chi connectivity index (χ1) is 23.4. The molecule has 254 valence electrons. The number of benzene rings is 4. The van der Waals surface area contributed by atoms with Crippen molar-refractivity contribution in [3.05, 3.63) is 148 Å². The molecule has 1 heteroatoms. The van der Waals surface area contributed by atoms with E-state index in [0.717, 1.165) is 6.42 Å². The molecule has 0 saturated carbocycles. The van der Waals surface area contributed by atoms with Gasteiger partial charge in [-0.3, -0.25) is 6.08 Å². The number of allylic oxidation sites excluding steroid dienone is 4. The molecule has 0 fully saturated rings. The summed E-state index contributed by atoms with van der Waals surface area (Å²) in [4.78, 5) is 0. The second kappa shape index (κ2) is 17.8. The van der Waals surface area contributed by atoms with Crippen molar-refractivity contribution in [2.24, 2.45) is 0 Å². The van der Waals surface area contributed by atoms with E-state index in [1.165, 1.54) is 115 Å². The zero-order chi connectivity index (χ0) is 35.6. The van der Waals surface area contributed by atoms with Crippen molar-refractivity contribution in [1.82, 2.24) is 0 Å². The monoisotopic (exact) mass is 724 g/mol. The summed E-state index contributed by atoms with van der Waals surface area (Å²) in [6, 6.07) is 37.3. The van der Waals surface area contributed by atoms with Crippen molar-refractivity contribution >= 4 is 24.8 Å². The molecule has 0 nitrogen and oxygen atoms in total. The predicted molar refractivity (Wildman–Crippen MR) is 214 cm³/mol. The van der Waals surface area contributed by atoms with Crippen molar-refractivity contribution in [1.29, 1.82) is 0 Å². The molecule has 0 unspecified atom stereocenters. The van der Waals surface area contributed by atoms with Crippen LogP contribution in [0.5, 0.6) is 0 Å². The topological polar surface area (TPSA) is 0 Å². The Morgan fingerprint density at radius 1 is 0.612 bits per heavy atom. The van der Waals surface area contributed by atoms with Gasteiger partial charge < -0.3 is 0 Å². The van der Waals surface area contributed by atoms with E-state index in [1.807, 2.05) is 0 Å². The minimum absolute atomic E-state index is 0.203. The Morgan fingerprint density at radius 2 is 1.06 bits per heavy atom. The maximum absolute atomic E-state index is 3.57. The summed E-state index contributed by atoms with van der Waals surface area (Å²) in [5, 5.41) is 5.48. The van der Waals surface area contributed by atoms with Crippen molar-refractivity contribution in [2.45, 2.75) is 118 Å². The van der Waals surface area contributed by atoms with Crippen LogP contribution in [0.4, 0.5) is 0 Å². The van der Waals surface area contributed by atoms with Gasteiger partial charge >= 0.3 is 99.2 Å². The van der Waals surface area contributed by atoms with Crippen LogP contribution in [0, 0.1) is 6.08 Å². The molecule has 0 aliphatic heterocycles. The van der Waals surface area contributed by atoms with Crippen molar-refractivity contribution in [3.8, 4) is 0 Å². The summed E-state index contributed by atoms with van der Waals surface area (Å²) >= 11 is 1.46. The van der Waals surface area contributed by atoms with Gasteiger partial charge in [-0.15, -0.1) is 46.2 Å². The van der Waals surface area contributed by atoms with Crippen molar-refractivity contribution in [2.75, 3.05) is 0 Å². The van der Waals surface area contributed by atoms with Gasteiger partial charge in [0.25, 0.3) is 0 Å². The van der Waals surface area contributed by atoms with Crippen LogP contribution in [0.3, 0.4) is 0 Å². The molecule has 5 aromatic carbocycles. The van der Waals surface area contributed by atoms with Gasteiger partial charge in [0.1, 0.15) is 0 Å². The third-order valence-corrected chi connectivity index (χ3v) is 10.8. The van der Waals surface area contributed by atoms with E-state index in [2.05, 4.69) is 172 Å². The maximum atomic E-state index is 3.57. The Hall–Kier alpha value is -3.02. The van der Waals surface area contributed by atoms with Crippen molar-refractivity contribution < 1.29 is 24.2 Å². The first-order valence-corrected chi connectivity index (χ1v) is 19.7. The zero-order valence-electron chi connectivity index (χ0n) is 31.8. The molecule has 0 saturated heterocycles. The van der Waals surface area contributed by atoms with Gasteiger partial charge in [0.05, 0.1) is 0 Å². The third-order valence-electron chi connectivity index (χ3n) is 9.42.